The number of aliphatic hydroxyl groups excluding tert-OH is 1. The first-order valence-electron chi connectivity index (χ1n) is 8.65. The molecule has 2 atom stereocenters. The molecule has 0 saturated heterocycles. The van der Waals surface area contributed by atoms with Crippen LogP contribution in [0.15, 0.2) is 59.6 Å². The third kappa shape index (κ3) is 8.36. The average Bonchev–Trinajstić information content (AvgIpc) is 2.67. The minimum absolute atomic E-state index is 0. The molecule has 0 fully saturated rings. The largest absolute Gasteiger partial charge is 0.489 e. The van der Waals surface area contributed by atoms with Gasteiger partial charge in [0.2, 0.25) is 0 Å². The van der Waals surface area contributed by atoms with Gasteiger partial charge in [-0.05, 0) is 36.8 Å². The van der Waals surface area contributed by atoms with Gasteiger partial charge in [-0.15, -0.1) is 24.0 Å². The molecule has 2 aromatic rings. The van der Waals surface area contributed by atoms with Crippen LogP contribution in [0.3, 0.4) is 0 Å². The third-order valence-corrected chi connectivity index (χ3v) is 4.19. The number of halogens is 2. The average molecular weight is 504 g/mol. The first-order valence-corrected chi connectivity index (χ1v) is 9.02. The molecule has 0 aliphatic rings. The summed E-state index contributed by atoms with van der Waals surface area (Å²) in [6.07, 6.45) is -0.0440. The van der Waals surface area contributed by atoms with Crippen LogP contribution >= 0.6 is 35.6 Å². The molecule has 148 valence electrons. The van der Waals surface area contributed by atoms with Crippen LogP contribution in [0.2, 0.25) is 5.02 Å². The van der Waals surface area contributed by atoms with Gasteiger partial charge in [0.25, 0.3) is 0 Å². The van der Waals surface area contributed by atoms with Crippen molar-refractivity contribution < 1.29 is 9.84 Å². The summed E-state index contributed by atoms with van der Waals surface area (Å²) in [7, 11) is 1.72. The second-order valence-electron chi connectivity index (χ2n) is 6.01. The quantitative estimate of drug-likeness (QED) is 0.292. The molecule has 5 nitrogen and oxygen atoms in total. The molecule has 0 saturated carbocycles. The third-order valence-electron chi connectivity index (χ3n) is 3.94. The number of nitrogens with one attached hydrogen (secondary N) is 2. The molecule has 2 rings (SSSR count). The highest BCUT2D eigenvalue weighted by Gasteiger charge is 2.11. The highest BCUT2D eigenvalue weighted by Crippen LogP contribution is 2.16. The fourth-order valence-electron chi connectivity index (χ4n) is 2.48. The Balaban J connectivity index is 0.00000364. The van der Waals surface area contributed by atoms with Crippen molar-refractivity contribution in [3.63, 3.8) is 0 Å². The van der Waals surface area contributed by atoms with Crippen molar-refractivity contribution >= 4 is 41.5 Å². The van der Waals surface area contributed by atoms with Crippen LogP contribution in [0.4, 0.5) is 0 Å². The number of aliphatic hydroxyl groups is 1. The van der Waals surface area contributed by atoms with Crippen LogP contribution in [0.1, 0.15) is 18.4 Å². The summed E-state index contributed by atoms with van der Waals surface area (Å²) in [5, 5.41) is 16.8. The Bertz CT molecular complexity index is 683. The van der Waals surface area contributed by atoms with Crippen LogP contribution in [0.25, 0.3) is 0 Å². The Morgan fingerprint density at radius 1 is 1.07 bits per heavy atom. The van der Waals surface area contributed by atoms with Gasteiger partial charge in [-0.3, -0.25) is 4.99 Å². The van der Waals surface area contributed by atoms with Gasteiger partial charge in [-0.2, -0.15) is 0 Å². The highest BCUT2D eigenvalue weighted by atomic mass is 127. The van der Waals surface area contributed by atoms with Crippen molar-refractivity contribution in [2.45, 2.75) is 18.9 Å². The van der Waals surface area contributed by atoms with Gasteiger partial charge in [0.15, 0.2) is 5.96 Å². The van der Waals surface area contributed by atoms with Crippen LogP contribution in [-0.2, 0) is 0 Å². The number of benzene rings is 2. The Morgan fingerprint density at radius 3 is 2.30 bits per heavy atom. The number of hydrogen-bond acceptors (Lipinski definition) is 3. The van der Waals surface area contributed by atoms with Gasteiger partial charge in [0, 0.05) is 24.5 Å². The van der Waals surface area contributed by atoms with Crippen molar-refractivity contribution in [3.8, 4) is 5.75 Å². The molecule has 0 aliphatic heterocycles. The second kappa shape index (κ2) is 12.8. The lowest BCUT2D eigenvalue weighted by atomic mass is 10.0. The lowest BCUT2D eigenvalue weighted by Crippen LogP contribution is -2.43. The molecule has 0 spiro atoms. The smallest absolute Gasteiger partial charge is 0.191 e. The normalized spacial score (nSPS) is 13.3. The first-order chi connectivity index (χ1) is 12.6. The predicted octanol–water partition coefficient (Wildman–Crippen LogP) is 3.67. The molecule has 0 radical (unpaired) electrons. The topological polar surface area (TPSA) is 65.9 Å². The van der Waals surface area contributed by atoms with E-state index < -0.39 is 0 Å². The molecule has 0 bridgehead atoms. The van der Waals surface area contributed by atoms with E-state index in [4.69, 9.17) is 16.3 Å². The maximum absolute atomic E-state index is 9.64. The van der Waals surface area contributed by atoms with Crippen molar-refractivity contribution in [2.75, 3.05) is 26.7 Å². The number of hydrogen-bond donors (Lipinski definition) is 3. The Labute approximate surface area is 183 Å². The standard InChI is InChI=1S/C20H26ClN3O2.HI/c1-15(26-19-10-8-18(21)9-11-19)12-23-20(22-2)24-13-17(14-25)16-6-4-3-5-7-16;/h3-11,15,17,25H,12-14H2,1-2H3,(H2,22,23,24);1H. The summed E-state index contributed by atoms with van der Waals surface area (Å²) in [4.78, 5) is 4.22. The first kappa shape index (κ1) is 23.5. The van der Waals surface area contributed by atoms with E-state index in [0.29, 0.717) is 24.1 Å². The second-order valence-corrected chi connectivity index (χ2v) is 6.44. The molecular formula is C20H27ClIN3O2. The number of nitrogens with zero attached hydrogens (tertiary/aromatic N) is 1. The summed E-state index contributed by atoms with van der Waals surface area (Å²) < 4.78 is 5.84. The number of rotatable bonds is 8. The molecule has 27 heavy (non-hydrogen) atoms. The summed E-state index contributed by atoms with van der Waals surface area (Å²) >= 11 is 5.88. The fraction of sp³-hybridized carbons (Fsp3) is 0.350. The van der Waals surface area contributed by atoms with E-state index in [1.54, 1.807) is 19.2 Å². The lowest BCUT2D eigenvalue weighted by Gasteiger charge is -2.20. The van der Waals surface area contributed by atoms with Gasteiger partial charge < -0.3 is 20.5 Å². The number of guanidine groups is 1. The molecule has 2 aromatic carbocycles. The Kier molecular flexibility index (Phi) is 11.2. The fourth-order valence-corrected chi connectivity index (χ4v) is 2.61. The summed E-state index contributed by atoms with van der Waals surface area (Å²) in [6.45, 7) is 3.24. The molecule has 0 aliphatic carbocycles. The van der Waals surface area contributed by atoms with E-state index in [1.807, 2.05) is 49.4 Å². The predicted molar refractivity (Wildman–Crippen MR) is 123 cm³/mol. The zero-order valence-corrected chi connectivity index (χ0v) is 18.6. The molecule has 0 amide bonds. The van der Waals surface area contributed by atoms with Crippen molar-refractivity contribution in [1.29, 1.82) is 0 Å². The van der Waals surface area contributed by atoms with E-state index in [2.05, 4.69) is 15.6 Å². The van der Waals surface area contributed by atoms with Gasteiger partial charge in [-0.1, -0.05) is 41.9 Å². The summed E-state index contributed by atoms with van der Waals surface area (Å²) in [5.41, 5.74) is 1.09. The van der Waals surface area contributed by atoms with Crippen LogP contribution in [0.5, 0.6) is 5.75 Å². The minimum Gasteiger partial charge on any atom is -0.489 e. The SMILES string of the molecule is CN=C(NCC(C)Oc1ccc(Cl)cc1)NCC(CO)c1ccccc1.I. The molecule has 7 heteroatoms. The van der Waals surface area contributed by atoms with Crippen LogP contribution in [0, 0.1) is 0 Å². The lowest BCUT2D eigenvalue weighted by molar-refractivity contribution is 0.223. The molecule has 0 heterocycles. The van der Waals surface area contributed by atoms with E-state index in [0.717, 1.165) is 11.3 Å². The van der Waals surface area contributed by atoms with Crippen molar-refractivity contribution in [2.24, 2.45) is 4.99 Å². The van der Waals surface area contributed by atoms with Gasteiger partial charge in [-0.25, -0.2) is 0 Å². The zero-order valence-electron chi connectivity index (χ0n) is 15.6. The highest BCUT2D eigenvalue weighted by molar-refractivity contribution is 14.0. The molecular weight excluding hydrogens is 477 g/mol. The summed E-state index contributed by atoms with van der Waals surface area (Å²) in [6, 6.07) is 17.2. The Hall–Kier alpha value is -1.51. The van der Waals surface area contributed by atoms with Crippen molar-refractivity contribution in [3.05, 3.63) is 65.2 Å². The maximum atomic E-state index is 9.64. The van der Waals surface area contributed by atoms with Crippen molar-refractivity contribution in [1.82, 2.24) is 10.6 Å². The van der Waals surface area contributed by atoms with Gasteiger partial charge >= 0.3 is 0 Å². The van der Waals surface area contributed by atoms with Crippen LogP contribution in [-0.4, -0.2) is 43.9 Å². The Morgan fingerprint density at radius 2 is 1.70 bits per heavy atom. The van der Waals surface area contributed by atoms with E-state index in [1.165, 1.54) is 0 Å². The maximum Gasteiger partial charge on any atom is 0.191 e. The van der Waals surface area contributed by atoms with Gasteiger partial charge in [0.05, 0.1) is 13.2 Å². The summed E-state index contributed by atoms with van der Waals surface area (Å²) in [5.74, 6) is 1.46. The van der Waals surface area contributed by atoms with E-state index >= 15 is 0 Å². The molecule has 3 N–H and O–H groups in total. The molecule has 0 aromatic heterocycles. The van der Waals surface area contributed by atoms with E-state index in [-0.39, 0.29) is 42.6 Å². The van der Waals surface area contributed by atoms with E-state index in [9.17, 15) is 5.11 Å². The van der Waals surface area contributed by atoms with Crippen LogP contribution < -0.4 is 15.4 Å². The minimum atomic E-state index is -0.0440. The monoisotopic (exact) mass is 503 g/mol. The number of aliphatic imine (C=N–C) groups is 1. The zero-order chi connectivity index (χ0) is 18.8. The molecule has 2 unspecified atom stereocenters. The van der Waals surface area contributed by atoms with Gasteiger partial charge in [0.1, 0.15) is 11.9 Å². The number of ether oxygens (including phenoxy) is 1.